The van der Waals surface area contributed by atoms with E-state index in [1.807, 2.05) is 13.8 Å². The zero-order chi connectivity index (χ0) is 11.5. The van der Waals surface area contributed by atoms with Gasteiger partial charge in [0.15, 0.2) is 0 Å². The second-order valence-electron chi connectivity index (χ2n) is 3.76. The van der Waals surface area contributed by atoms with Crippen LogP contribution in [0.15, 0.2) is 0 Å². The largest absolute Gasteiger partial charge is 0.397 e. The van der Waals surface area contributed by atoms with Gasteiger partial charge >= 0.3 is 9.28 Å². The highest BCUT2D eigenvalue weighted by atomic mass is 28.3. The molecular weight excluding hydrogens is 206 g/mol. The highest BCUT2D eigenvalue weighted by Gasteiger charge is 2.24. The van der Waals surface area contributed by atoms with Crippen LogP contribution in [0.5, 0.6) is 0 Å². The Morgan fingerprint density at radius 2 is 1.67 bits per heavy atom. The molecule has 92 valence electrons. The smallest absolute Gasteiger partial charge is 0.324 e. The lowest BCUT2D eigenvalue weighted by molar-refractivity contribution is 0.200. The van der Waals surface area contributed by atoms with Crippen LogP contribution in [0, 0.1) is 0 Å². The lowest BCUT2D eigenvalue weighted by Gasteiger charge is -2.24. The van der Waals surface area contributed by atoms with E-state index in [9.17, 15) is 0 Å². The van der Waals surface area contributed by atoms with Gasteiger partial charge in [-0.2, -0.15) is 0 Å². The second-order valence-corrected chi connectivity index (χ2v) is 6.10. The molecule has 2 N–H and O–H groups in total. The summed E-state index contributed by atoms with van der Waals surface area (Å²) in [5, 5.41) is 0. The molecule has 0 aromatic heterocycles. The van der Waals surface area contributed by atoms with Crippen molar-refractivity contribution in [3.8, 4) is 0 Å². The molecule has 0 bridgehead atoms. The van der Waals surface area contributed by atoms with E-state index in [4.69, 9.17) is 14.6 Å². The Labute approximate surface area is 96.2 Å². The minimum Gasteiger partial charge on any atom is -0.397 e. The van der Waals surface area contributed by atoms with Gasteiger partial charge in [-0.05, 0) is 33.2 Å². The molecule has 1 atom stereocenters. The predicted molar refractivity (Wildman–Crippen MR) is 67.3 cm³/mol. The third kappa shape index (κ3) is 7.06. The molecule has 0 aromatic rings. The van der Waals surface area contributed by atoms with E-state index in [1.54, 1.807) is 0 Å². The maximum Gasteiger partial charge on any atom is 0.324 e. The van der Waals surface area contributed by atoms with Crippen LogP contribution in [0.1, 0.15) is 46.5 Å². The molecule has 0 fully saturated rings. The summed E-state index contributed by atoms with van der Waals surface area (Å²) in [6, 6.07) is 0. The first-order valence-electron chi connectivity index (χ1n) is 6.23. The normalized spacial score (nSPS) is 13.4. The van der Waals surface area contributed by atoms with Crippen molar-refractivity contribution in [2.24, 2.45) is 5.73 Å². The van der Waals surface area contributed by atoms with Gasteiger partial charge < -0.3 is 14.6 Å². The summed E-state index contributed by atoms with van der Waals surface area (Å²) in [7, 11) is -1.48. The molecule has 0 radical (unpaired) electrons. The molecule has 15 heavy (non-hydrogen) atoms. The first kappa shape index (κ1) is 15.1. The van der Waals surface area contributed by atoms with Gasteiger partial charge in [0.25, 0.3) is 0 Å². The SMILES string of the molecule is CCCCC(CCN)[SiH](OCC)OCC. The van der Waals surface area contributed by atoms with E-state index in [0.29, 0.717) is 5.54 Å². The molecular formula is C11H27NO2Si. The van der Waals surface area contributed by atoms with Crippen LogP contribution in [0.3, 0.4) is 0 Å². The molecule has 0 aliphatic carbocycles. The lowest BCUT2D eigenvalue weighted by atomic mass is 10.1. The summed E-state index contributed by atoms with van der Waals surface area (Å²) in [5.74, 6) is 0. The molecule has 0 aliphatic heterocycles. The fourth-order valence-corrected chi connectivity index (χ4v) is 4.02. The van der Waals surface area contributed by atoms with Gasteiger partial charge in [-0.1, -0.05) is 19.8 Å². The minimum absolute atomic E-state index is 0.592. The van der Waals surface area contributed by atoms with Crippen LogP contribution in [-0.2, 0) is 8.85 Å². The maximum atomic E-state index is 5.76. The highest BCUT2D eigenvalue weighted by Crippen LogP contribution is 2.23. The Kier molecular flexibility index (Phi) is 10.7. The molecule has 0 saturated carbocycles. The van der Waals surface area contributed by atoms with Crippen LogP contribution >= 0.6 is 0 Å². The van der Waals surface area contributed by atoms with Gasteiger partial charge in [-0.15, -0.1) is 0 Å². The number of rotatable bonds is 10. The van der Waals surface area contributed by atoms with Crippen molar-refractivity contribution in [2.45, 2.75) is 52.0 Å². The Bertz CT molecular complexity index is 130. The summed E-state index contributed by atoms with van der Waals surface area (Å²) in [6.07, 6.45) is 4.76. The summed E-state index contributed by atoms with van der Waals surface area (Å²) in [4.78, 5) is 0. The van der Waals surface area contributed by atoms with Gasteiger partial charge in [0, 0.05) is 18.8 Å². The van der Waals surface area contributed by atoms with E-state index in [-0.39, 0.29) is 0 Å². The molecule has 0 amide bonds. The number of nitrogens with two attached hydrogens (primary N) is 1. The summed E-state index contributed by atoms with van der Waals surface area (Å²) < 4.78 is 11.5. The lowest BCUT2D eigenvalue weighted by Crippen LogP contribution is -2.30. The number of hydrogen-bond acceptors (Lipinski definition) is 3. The average Bonchev–Trinajstić information content (AvgIpc) is 2.24. The zero-order valence-electron chi connectivity index (χ0n) is 10.5. The Balaban J connectivity index is 4.09. The van der Waals surface area contributed by atoms with Crippen LogP contribution in [0.25, 0.3) is 0 Å². The molecule has 0 spiro atoms. The van der Waals surface area contributed by atoms with Gasteiger partial charge in [-0.25, -0.2) is 0 Å². The van der Waals surface area contributed by atoms with Crippen LogP contribution in [0.4, 0.5) is 0 Å². The zero-order valence-corrected chi connectivity index (χ0v) is 11.7. The van der Waals surface area contributed by atoms with Crippen molar-refractivity contribution in [2.75, 3.05) is 19.8 Å². The minimum atomic E-state index is -1.48. The van der Waals surface area contributed by atoms with Crippen LogP contribution in [0.2, 0.25) is 5.54 Å². The first-order valence-corrected chi connectivity index (χ1v) is 7.84. The number of unbranched alkanes of at least 4 members (excludes halogenated alkanes) is 1. The van der Waals surface area contributed by atoms with Gasteiger partial charge in [-0.3, -0.25) is 0 Å². The van der Waals surface area contributed by atoms with Crippen molar-refractivity contribution >= 4 is 9.28 Å². The van der Waals surface area contributed by atoms with E-state index in [0.717, 1.165) is 26.2 Å². The van der Waals surface area contributed by atoms with E-state index in [2.05, 4.69) is 6.92 Å². The maximum absolute atomic E-state index is 5.76. The standard InChI is InChI=1S/C11H27NO2Si/c1-4-7-8-11(9-10-12)15(13-5-2)14-6-3/h11,15H,4-10,12H2,1-3H3. The monoisotopic (exact) mass is 233 g/mol. The van der Waals surface area contributed by atoms with Gasteiger partial charge in [0.1, 0.15) is 0 Å². The third-order valence-electron chi connectivity index (χ3n) is 2.51. The average molecular weight is 233 g/mol. The van der Waals surface area contributed by atoms with Crippen molar-refractivity contribution in [1.82, 2.24) is 0 Å². The molecule has 1 unspecified atom stereocenters. The van der Waals surface area contributed by atoms with Crippen molar-refractivity contribution in [3.63, 3.8) is 0 Å². The Morgan fingerprint density at radius 1 is 1.07 bits per heavy atom. The molecule has 0 saturated heterocycles. The van der Waals surface area contributed by atoms with Gasteiger partial charge in [0.2, 0.25) is 0 Å². The molecule has 4 heteroatoms. The summed E-state index contributed by atoms with van der Waals surface area (Å²) >= 11 is 0. The highest BCUT2D eigenvalue weighted by molar-refractivity contribution is 6.46. The second kappa shape index (κ2) is 10.6. The molecule has 0 aromatic carbocycles. The molecule has 0 heterocycles. The van der Waals surface area contributed by atoms with Crippen molar-refractivity contribution in [3.05, 3.63) is 0 Å². The summed E-state index contributed by atoms with van der Waals surface area (Å²) in [6.45, 7) is 8.58. The fraction of sp³-hybridized carbons (Fsp3) is 1.00. The van der Waals surface area contributed by atoms with Crippen molar-refractivity contribution in [1.29, 1.82) is 0 Å². The van der Waals surface area contributed by atoms with Crippen molar-refractivity contribution < 1.29 is 8.85 Å². The Hall–Kier alpha value is 0.0969. The molecule has 3 nitrogen and oxygen atoms in total. The van der Waals surface area contributed by atoms with Crippen LogP contribution in [-0.4, -0.2) is 29.0 Å². The first-order chi connectivity index (χ1) is 7.29. The quantitative estimate of drug-likeness (QED) is 0.588. The predicted octanol–water partition coefficient (Wildman–Crippen LogP) is 2.19. The van der Waals surface area contributed by atoms with Gasteiger partial charge in [0.05, 0.1) is 0 Å². The van der Waals surface area contributed by atoms with E-state index < -0.39 is 9.28 Å². The van der Waals surface area contributed by atoms with E-state index in [1.165, 1.54) is 19.3 Å². The molecule has 0 rings (SSSR count). The number of hydrogen-bond donors (Lipinski definition) is 1. The van der Waals surface area contributed by atoms with E-state index >= 15 is 0 Å². The summed E-state index contributed by atoms with van der Waals surface area (Å²) in [5.41, 5.74) is 6.23. The third-order valence-corrected chi connectivity index (χ3v) is 5.27. The topological polar surface area (TPSA) is 44.5 Å². The Morgan fingerprint density at radius 3 is 2.07 bits per heavy atom. The molecule has 0 aliphatic rings. The van der Waals surface area contributed by atoms with Crippen LogP contribution < -0.4 is 5.73 Å². The fourth-order valence-electron chi connectivity index (χ4n) is 1.75.